The fourth-order valence-corrected chi connectivity index (χ4v) is 4.34. The summed E-state index contributed by atoms with van der Waals surface area (Å²) in [6.45, 7) is 5.00. The van der Waals surface area contributed by atoms with Crippen molar-refractivity contribution in [3.05, 3.63) is 46.3 Å². The topological polar surface area (TPSA) is 43.8 Å². The van der Waals surface area contributed by atoms with Crippen LogP contribution >= 0.6 is 22.9 Å². The average molecular weight is 433 g/mol. The van der Waals surface area contributed by atoms with Gasteiger partial charge in [-0.2, -0.15) is 0 Å². The van der Waals surface area contributed by atoms with E-state index in [9.17, 15) is 0 Å². The molecule has 0 bridgehead atoms. The van der Waals surface area contributed by atoms with Gasteiger partial charge in [0.05, 0.1) is 37.7 Å². The number of thiazole rings is 1. The van der Waals surface area contributed by atoms with Crippen molar-refractivity contribution in [3.63, 3.8) is 0 Å². The zero-order valence-corrected chi connectivity index (χ0v) is 18.9. The largest absolute Gasteiger partial charge is 0.497 e. The summed E-state index contributed by atoms with van der Waals surface area (Å²) in [5.41, 5.74) is 2.69. The lowest BCUT2D eigenvalue weighted by atomic mass is 10.1. The molecule has 0 saturated heterocycles. The number of nitrogens with zero attached hydrogens (tertiary/aromatic N) is 2. The minimum absolute atomic E-state index is 0.616. The molecular weight excluding hydrogens is 408 g/mol. The standard InChI is InChI=1S/C22H25ClN2O3S/c1-6-11-25(19-13-16(27-4)8-10-20(19)28-5)22-24-21(14(2)29-22)17-9-7-15(26-3)12-18(17)23/h7-10,12-13H,6,11H2,1-5H3. The number of methoxy groups -OCH3 is 3. The van der Waals surface area contributed by atoms with Crippen molar-refractivity contribution in [3.8, 4) is 28.5 Å². The van der Waals surface area contributed by atoms with Gasteiger partial charge in [0, 0.05) is 23.1 Å². The van der Waals surface area contributed by atoms with Crippen LogP contribution in [0.15, 0.2) is 36.4 Å². The van der Waals surface area contributed by atoms with Crippen molar-refractivity contribution in [2.24, 2.45) is 0 Å². The molecule has 0 N–H and O–H groups in total. The van der Waals surface area contributed by atoms with Crippen molar-refractivity contribution in [2.45, 2.75) is 20.3 Å². The van der Waals surface area contributed by atoms with Crippen molar-refractivity contribution in [2.75, 3.05) is 32.8 Å². The smallest absolute Gasteiger partial charge is 0.190 e. The predicted molar refractivity (Wildman–Crippen MR) is 121 cm³/mol. The van der Waals surface area contributed by atoms with E-state index in [1.165, 1.54) is 0 Å². The Labute approximate surface area is 180 Å². The van der Waals surface area contributed by atoms with Gasteiger partial charge in [0.2, 0.25) is 0 Å². The molecule has 0 aliphatic carbocycles. The van der Waals surface area contributed by atoms with E-state index < -0.39 is 0 Å². The van der Waals surface area contributed by atoms with Gasteiger partial charge in [-0.15, -0.1) is 11.3 Å². The van der Waals surface area contributed by atoms with Crippen LogP contribution < -0.4 is 19.1 Å². The summed E-state index contributed by atoms with van der Waals surface area (Å²) in [4.78, 5) is 8.20. The Bertz CT molecular complexity index is 990. The van der Waals surface area contributed by atoms with E-state index in [1.807, 2.05) is 36.4 Å². The Kier molecular flexibility index (Phi) is 6.87. The number of hydrogen-bond acceptors (Lipinski definition) is 6. The van der Waals surface area contributed by atoms with Gasteiger partial charge < -0.3 is 19.1 Å². The molecule has 0 saturated carbocycles. The van der Waals surface area contributed by atoms with Crippen LogP contribution in [0.25, 0.3) is 11.3 Å². The fourth-order valence-electron chi connectivity index (χ4n) is 3.11. The maximum Gasteiger partial charge on any atom is 0.190 e. The molecule has 154 valence electrons. The van der Waals surface area contributed by atoms with Crippen LogP contribution in [0.5, 0.6) is 17.2 Å². The molecule has 0 amide bonds. The zero-order valence-electron chi connectivity index (χ0n) is 17.3. The molecule has 0 fully saturated rings. The van der Waals surface area contributed by atoms with Crippen LogP contribution in [-0.2, 0) is 0 Å². The summed E-state index contributed by atoms with van der Waals surface area (Å²) in [5, 5.41) is 1.50. The Morgan fingerprint density at radius 2 is 1.69 bits per heavy atom. The minimum Gasteiger partial charge on any atom is -0.497 e. The summed E-state index contributed by atoms with van der Waals surface area (Å²) >= 11 is 8.14. The van der Waals surface area contributed by atoms with Crippen LogP contribution in [0.3, 0.4) is 0 Å². The molecule has 0 unspecified atom stereocenters. The first-order chi connectivity index (χ1) is 14.0. The molecule has 0 spiro atoms. The average Bonchev–Trinajstić information content (AvgIpc) is 3.12. The number of aromatic nitrogens is 1. The second kappa shape index (κ2) is 9.37. The number of hydrogen-bond donors (Lipinski definition) is 0. The molecule has 2 aromatic carbocycles. The van der Waals surface area contributed by atoms with Gasteiger partial charge in [0.1, 0.15) is 17.2 Å². The van der Waals surface area contributed by atoms with Gasteiger partial charge >= 0.3 is 0 Å². The van der Waals surface area contributed by atoms with E-state index in [2.05, 4.69) is 18.7 Å². The minimum atomic E-state index is 0.616. The van der Waals surface area contributed by atoms with Crippen LogP contribution in [0.1, 0.15) is 18.2 Å². The van der Waals surface area contributed by atoms with Crippen LogP contribution in [0, 0.1) is 6.92 Å². The highest BCUT2D eigenvalue weighted by molar-refractivity contribution is 7.16. The van der Waals surface area contributed by atoms with E-state index in [4.69, 9.17) is 30.8 Å². The van der Waals surface area contributed by atoms with Crippen LogP contribution in [0.4, 0.5) is 10.8 Å². The fraction of sp³-hybridized carbons (Fsp3) is 0.318. The molecule has 1 aromatic heterocycles. The van der Waals surface area contributed by atoms with Gasteiger partial charge in [-0.3, -0.25) is 0 Å². The number of ether oxygens (including phenoxy) is 3. The van der Waals surface area contributed by atoms with E-state index in [0.29, 0.717) is 5.02 Å². The van der Waals surface area contributed by atoms with Gasteiger partial charge in [0.15, 0.2) is 5.13 Å². The lowest BCUT2D eigenvalue weighted by Gasteiger charge is -2.24. The third kappa shape index (κ3) is 4.43. The Morgan fingerprint density at radius 3 is 2.31 bits per heavy atom. The lowest BCUT2D eigenvalue weighted by Crippen LogP contribution is -2.18. The van der Waals surface area contributed by atoms with Gasteiger partial charge in [0.25, 0.3) is 0 Å². The molecular formula is C22H25ClN2O3S. The molecule has 29 heavy (non-hydrogen) atoms. The maximum atomic E-state index is 6.50. The van der Waals surface area contributed by atoms with Crippen molar-refractivity contribution in [1.29, 1.82) is 0 Å². The predicted octanol–water partition coefficient (Wildman–Crippen LogP) is 6.35. The van der Waals surface area contributed by atoms with Gasteiger partial charge in [-0.25, -0.2) is 4.98 Å². The summed E-state index contributed by atoms with van der Waals surface area (Å²) in [7, 11) is 4.96. The summed E-state index contributed by atoms with van der Waals surface area (Å²) in [5.74, 6) is 2.27. The highest BCUT2D eigenvalue weighted by Crippen LogP contribution is 2.42. The first-order valence-electron chi connectivity index (χ1n) is 9.33. The highest BCUT2D eigenvalue weighted by atomic mass is 35.5. The van der Waals surface area contributed by atoms with Crippen LogP contribution in [0.2, 0.25) is 5.02 Å². The number of halogens is 1. The summed E-state index contributed by atoms with van der Waals surface area (Å²) in [6.07, 6.45) is 0.956. The van der Waals surface area contributed by atoms with Crippen molar-refractivity contribution < 1.29 is 14.2 Å². The highest BCUT2D eigenvalue weighted by Gasteiger charge is 2.21. The molecule has 1 heterocycles. The summed E-state index contributed by atoms with van der Waals surface area (Å²) < 4.78 is 16.3. The number of benzene rings is 2. The Morgan fingerprint density at radius 1 is 1.00 bits per heavy atom. The van der Waals surface area contributed by atoms with E-state index in [1.54, 1.807) is 32.7 Å². The molecule has 0 atom stereocenters. The number of anilines is 2. The molecule has 0 aliphatic rings. The number of rotatable bonds is 8. The third-order valence-corrected chi connectivity index (χ3v) is 5.88. The molecule has 3 aromatic rings. The Balaban J connectivity index is 2.08. The van der Waals surface area contributed by atoms with Gasteiger partial charge in [-0.05, 0) is 43.7 Å². The normalized spacial score (nSPS) is 10.7. The van der Waals surface area contributed by atoms with Gasteiger partial charge in [-0.1, -0.05) is 18.5 Å². The second-order valence-corrected chi connectivity index (χ2v) is 8.03. The zero-order chi connectivity index (χ0) is 21.0. The number of aryl methyl sites for hydroxylation is 1. The summed E-state index contributed by atoms with van der Waals surface area (Å²) in [6, 6.07) is 11.4. The Hall–Kier alpha value is -2.44. The van der Waals surface area contributed by atoms with Crippen molar-refractivity contribution in [1.82, 2.24) is 4.98 Å². The lowest BCUT2D eigenvalue weighted by molar-refractivity contribution is 0.403. The third-order valence-electron chi connectivity index (χ3n) is 4.57. The van der Waals surface area contributed by atoms with E-state index >= 15 is 0 Å². The van der Waals surface area contributed by atoms with Crippen molar-refractivity contribution >= 4 is 33.8 Å². The quantitative estimate of drug-likeness (QED) is 0.415. The SMILES string of the molecule is CCCN(c1nc(-c2ccc(OC)cc2Cl)c(C)s1)c1cc(OC)ccc1OC. The molecule has 0 aliphatic heterocycles. The first-order valence-corrected chi connectivity index (χ1v) is 10.5. The van der Waals surface area contributed by atoms with Crippen LogP contribution in [-0.4, -0.2) is 32.9 Å². The first kappa shape index (κ1) is 21.3. The molecule has 5 nitrogen and oxygen atoms in total. The monoisotopic (exact) mass is 432 g/mol. The van der Waals surface area contributed by atoms with E-state index in [0.717, 1.165) is 57.2 Å². The molecule has 0 radical (unpaired) electrons. The second-order valence-electron chi connectivity index (χ2n) is 6.44. The molecule has 7 heteroatoms. The molecule has 3 rings (SSSR count). The van der Waals surface area contributed by atoms with E-state index in [-0.39, 0.29) is 0 Å². The maximum absolute atomic E-state index is 6.50.